The normalized spacial score (nSPS) is 37.8. The zero-order valence-corrected chi connectivity index (χ0v) is 25.4. The van der Waals surface area contributed by atoms with Gasteiger partial charge in [0.1, 0.15) is 11.5 Å². The van der Waals surface area contributed by atoms with Gasteiger partial charge in [0.05, 0.1) is 0 Å². The standard InChI is InChI=1S/C34H57ClO2/c1-5-7-9-10-11-13-14-25-17-19-29-28-18-16-26-24-27(37-32(36)31(35)15-12-8-6-2)20-22-34(26,4)30(28)21-23-33(25,29)3/h16,25,27-31H,5-15,17-24H2,1-4H3/t25-,27+,28+,29-,30-,31+,33-,34+/m1/s1. The highest BCUT2D eigenvalue weighted by Gasteiger charge is 2.58. The Labute approximate surface area is 234 Å². The van der Waals surface area contributed by atoms with Gasteiger partial charge in [-0.15, -0.1) is 11.6 Å². The lowest BCUT2D eigenvalue weighted by molar-refractivity contribution is -0.151. The minimum atomic E-state index is -0.479. The van der Waals surface area contributed by atoms with Crippen LogP contribution in [0.5, 0.6) is 0 Å². The topological polar surface area (TPSA) is 26.3 Å². The first-order chi connectivity index (χ1) is 17.8. The van der Waals surface area contributed by atoms with Gasteiger partial charge in [-0.2, -0.15) is 0 Å². The predicted octanol–water partition coefficient (Wildman–Crippen LogP) is 10.4. The number of hydrogen-bond acceptors (Lipinski definition) is 2. The highest BCUT2D eigenvalue weighted by Crippen LogP contribution is 2.66. The van der Waals surface area contributed by atoms with Gasteiger partial charge in [-0.25, -0.2) is 0 Å². The van der Waals surface area contributed by atoms with Crippen LogP contribution in [0.15, 0.2) is 11.6 Å². The fraction of sp³-hybridized carbons (Fsp3) is 0.912. The summed E-state index contributed by atoms with van der Waals surface area (Å²) in [6, 6.07) is 0. The maximum atomic E-state index is 12.6. The first kappa shape index (κ1) is 29.5. The van der Waals surface area contributed by atoms with E-state index in [4.69, 9.17) is 16.3 Å². The Hall–Kier alpha value is -0.500. The maximum Gasteiger partial charge on any atom is 0.324 e. The molecule has 37 heavy (non-hydrogen) atoms. The molecule has 3 fully saturated rings. The monoisotopic (exact) mass is 532 g/mol. The van der Waals surface area contributed by atoms with Crippen LogP contribution >= 0.6 is 11.6 Å². The van der Waals surface area contributed by atoms with Crippen molar-refractivity contribution in [2.45, 2.75) is 161 Å². The first-order valence-electron chi connectivity index (χ1n) is 16.4. The van der Waals surface area contributed by atoms with Gasteiger partial charge in [0.2, 0.25) is 0 Å². The van der Waals surface area contributed by atoms with E-state index in [1.54, 1.807) is 5.57 Å². The second kappa shape index (κ2) is 13.2. The molecule has 3 saturated carbocycles. The third kappa shape index (κ3) is 6.47. The van der Waals surface area contributed by atoms with Crippen molar-refractivity contribution < 1.29 is 9.53 Å². The van der Waals surface area contributed by atoms with E-state index in [0.29, 0.717) is 10.8 Å². The smallest absolute Gasteiger partial charge is 0.324 e. The van der Waals surface area contributed by atoms with Crippen LogP contribution in [0.3, 0.4) is 0 Å². The zero-order valence-electron chi connectivity index (χ0n) is 24.7. The van der Waals surface area contributed by atoms with E-state index >= 15 is 0 Å². The Kier molecular flexibility index (Phi) is 10.5. The lowest BCUT2D eigenvalue weighted by atomic mass is 9.47. The third-order valence-electron chi connectivity index (χ3n) is 11.8. The van der Waals surface area contributed by atoms with E-state index in [0.717, 1.165) is 62.2 Å². The Balaban J connectivity index is 1.32. The molecule has 4 rings (SSSR count). The zero-order chi connectivity index (χ0) is 26.5. The number of allylic oxidation sites excluding steroid dienone is 1. The maximum absolute atomic E-state index is 12.6. The van der Waals surface area contributed by atoms with Crippen molar-refractivity contribution in [3.05, 3.63) is 11.6 Å². The summed E-state index contributed by atoms with van der Waals surface area (Å²) in [4.78, 5) is 12.6. The Morgan fingerprint density at radius 3 is 2.46 bits per heavy atom. The molecule has 0 heterocycles. The average Bonchev–Trinajstić information content (AvgIpc) is 3.22. The Morgan fingerprint density at radius 2 is 1.68 bits per heavy atom. The number of carbonyl (C=O) groups excluding carboxylic acids is 1. The average molecular weight is 533 g/mol. The molecular formula is C34H57ClO2. The number of carbonyl (C=O) groups is 1. The number of unbranched alkanes of at least 4 members (excludes halogenated alkanes) is 7. The van der Waals surface area contributed by atoms with Crippen LogP contribution in [0.2, 0.25) is 0 Å². The van der Waals surface area contributed by atoms with Crippen LogP contribution in [0.1, 0.15) is 150 Å². The number of halogens is 1. The van der Waals surface area contributed by atoms with Crippen LogP contribution in [-0.2, 0) is 9.53 Å². The number of ether oxygens (including phenoxy) is 1. The van der Waals surface area contributed by atoms with E-state index in [2.05, 4.69) is 33.8 Å². The first-order valence-corrected chi connectivity index (χ1v) is 16.8. The van der Waals surface area contributed by atoms with Gasteiger partial charge in [-0.05, 0) is 92.3 Å². The number of fused-ring (bicyclic) bond motifs is 5. The number of hydrogen-bond donors (Lipinski definition) is 0. The highest BCUT2D eigenvalue weighted by atomic mass is 35.5. The van der Waals surface area contributed by atoms with Crippen LogP contribution < -0.4 is 0 Å². The van der Waals surface area contributed by atoms with E-state index in [1.807, 2.05) is 0 Å². The van der Waals surface area contributed by atoms with Crippen molar-refractivity contribution in [3.8, 4) is 0 Å². The molecule has 0 N–H and O–H groups in total. The molecule has 2 nitrogen and oxygen atoms in total. The molecule has 0 bridgehead atoms. The summed E-state index contributed by atoms with van der Waals surface area (Å²) < 4.78 is 5.97. The lowest BCUT2D eigenvalue weighted by Gasteiger charge is -2.58. The molecule has 0 radical (unpaired) electrons. The van der Waals surface area contributed by atoms with Gasteiger partial charge in [-0.1, -0.05) is 97.1 Å². The van der Waals surface area contributed by atoms with Gasteiger partial charge >= 0.3 is 5.97 Å². The lowest BCUT2D eigenvalue weighted by Crippen LogP contribution is -2.50. The molecule has 0 aliphatic heterocycles. The molecule has 0 spiro atoms. The van der Waals surface area contributed by atoms with Gasteiger partial charge in [-0.3, -0.25) is 4.79 Å². The fourth-order valence-corrected chi connectivity index (χ4v) is 9.62. The number of alkyl halides is 1. The van der Waals surface area contributed by atoms with Gasteiger partial charge in [0.15, 0.2) is 0 Å². The van der Waals surface area contributed by atoms with E-state index in [-0.39, 0.29) is 12.1 Å². The van der Waals surface area contributed by atoms with Gasteiger partial charge in [0.25, 0.3) is 0 Å². The molecule has 3 heteroatoms. The third-order valence-corrected chi connectivity index (χ3v) is 12.2. The summed E-state index contributed by atoms with van der Waals surface area (Å²) in [5.41, 5.74) is 2.48. The fourth-order valence-electron chi connectivity index (χ4n) is 9.41. The summed E-state index contributed by atoms with van der Waals surface area (Å²) in [5.74, 6) is 3.38. The molecule has 4 aliphatic carbocycles. The van der Waals surface area contributed by atoms with E-state index in [9.17, 15) is 4.79 Å². The minimum Gasteiger partial charge on any atom is -0.461 e. The Morgan fingerprint density at radius 1 is 0.946 bits per heavy atom. The van der Waals surface area contributed by atoms with Crippen molar-refractivity contribution in [2.24, 2.45) is 34.5 Å². The minimum absolute atomic E-state index is 0.0258. The second-order valence-electron chi connectivity index (χ2n) is 13.9. The molecule has 0 unspecified atom stereocenters. The van der Waals surface area contributed by atoms with Crippen LogP contribution in [0.25, 0.3) is 0 Å². The molecule has 4 aliphatic rings. The highest BCUT2D eigenvalue weighted by molar-refractivity contribution is 6.29. The van der Waals surface area contributed by atoms with Gasteiger partial charge < -0.3 is 4.74 Å². The summed E-state index contributed by atoms with van der Waals surface area (Å²) in [5, 5.41) is -0.479. The summed E-state index contributed by atoms with van der Waals surface area (Å²) >= 11 is 6.39. The van der Waals surface area contributed by atoms with Gasteiger partial charge in [0, 0.05) is 6.42 Å². The second-order valence-corrected chi connectivity index (χ2v) is 14.4. The quantitative estimate of drug-likeness (QED) is 0.102. The van der Waals surface area contributed by atoms with Crippen LogP contribution in [-0.4, -0.2) is 17.5 Å². The number of esters is 1. The van der Waals surface area contributed by atoms with Crippen LogP contribution in [0.4, 0.5) is 0 Å². The molecule has 8 atom stereocenters. The summed E-state index contributed by atoms with van der Waals surface area (Å²) in [6.07, 6.45) is 26.8. The molecule has 0 saturated heterocycles. The summed E-state index contributed by atoms with van der Waals surface area (Å²) in [7, 11) is 0. The van der Waals surface area contributed by atoms with E-state index in [1.165, 1.54) is 83.5 Å². The molecule has 212 valence electrons. The van der Waals surface area contributed by atoms with Crippen molar-refractivity contribution in [2.75, 3.05) is 0 Å². The Bertz CT molecular complexity index is 776. The molecular weight excluding hydrogens is 476 g/mol. The van der Waals surface area contributed by atoms with E-state index < -0.39 is 5.38 Å². The molecule has 0 aromatic rings. The van der Waals surface area contributed by atoms with Crippen molar-refractivity contribution >= 4 is 17.6 Å². The molecule has 0 aromatic carbocycles. The van der Waals surface area contributed by atoms with Crippen molar-refractivity contribution in [1.82, 2.24) is 0 Å². The van der Waals surface area contributed by atoms with Crippen LogP contribution in [0, 0.1) is 34.5 Å². The predicted molar refractivity (Wildman–Crippen MR) is 157 cm³/mol. The SMILES string of the molecule is CCCCCCCC[C@@H]1CC[C@@H]2[C@@H]3CC=C4C[C@@H](OC(=O)[C@@H](Cl)CCCCC)CC[C@]4(C)[C@@H]3CC[C@]12C. The molecule has 0 amide bonds. The largest absolute Gasteiger partial charge is 0.461 e. The number of rotatable bonds is 13. The molecule has 0 aromatic heterocycles. The van der Waals surface area contributed by atoms with Crippen molar-refractivity contribution in [3.63, 3.8) is 0 Å². The van der Waals surface area contributed by atoms with Crippen molar-refractivity contribution in [1.29, 1.82) is 0 Å². The summed E-state index contributed by atoms with van der Waals surface area (Å²) in [6.45, 7) is 9.74.